The van der Waals surface area contributed by atoms with Crippen LogP contribution in [-0.2, 0) is 0 Å². The minimum absolute atomic E-state index is 0.475. The van der Waals surface area contributed by atoms with E-state index in [0.717, 1.165) is 22.5 Å². The van der Waals surface area contributed by atoms with Gasteiger partial charge in [0.1, 0.15) is 11.5 Å². The summed E-state index contributed by atoms with van der Waals surface area (Å²) in [5.41, 5.74) is 16.2. The van der Waals surface area contributed by atoms with Gasteiger partial charge in [-0.1, -0.05) is 36.4 Å². The van der Waals surface area contributed by atoms with Gasteiger partial charge in [-0.15, -0.1) is 0 Å². The molecule has 0 aliphatic rings. The number of para-hydroxylation sites is 2. The van der Waals surface area contributed by atoms with Gasteiger partial charge in [0.05, 0.1) is 22.8 Å². The lowest BCUT2D eigenvalue weighted by molar-refractivity contribution is 0.457. The molecule has 4 N–H and O–H groups in total. The number of aromatic nitrogens is 2. The van der Waals surface area contributed by atoms with E-state index >= 15 is 0 Å². The molecule has 4 rings (SSSR count). The van der Waals surface area contributed by atoms with Gasteiger partial charge in [0.2, 0.25) is 11.8 Å². The maximum atomic E-state index is 6.09. The van der Waals surface area contributed by atoms with E-state index in [9.17, 15) is 0 Å². The van der Waals surface area contributed by atoms with Gasteiger partial charge in [-0.3, -0.25) is 0 Å². The molecule has 0 aliphatic carbocycles. The highest BCUT2D eigenvalue weighted by atomic mass is 16.5. The van der Waals surface area contributed by atoms with Crippen molar-refractivity contribution in [3.63, 3.8) is 0 Å². The summed E-state index contributed by atoms with van der Waals surface area (Å²) >= 11 is 0. The molecule has 6 nitrogen and oxygen atoms in total. The lowest BCUT2D eigenvalue weighted by atomic mass is 10.0. The molecule has 0 aliphatic heterocycles. The predicted molar refractivity (Wildman–Crippen MR) is 119 cm³/mol. The average Bonchev–Trinajstić information content (AvgIpc) is 2.74. The molecule has 4 aromatic rings. The summed E-state index contributed by atoms with van der Waals surface area (Å²) in [6.45, 7) is 3.69. The number of hydrogen-bond donors (Lipinski definition) is 2. The van der Waals surface area contributed by atoms with Gasteiger partial charge in [0.15, 0.2) is 0 Å². The van der Waals surface area contributed by atoms with E-state index in [4.69, 9.17) is 20.9 Å². The summed E-state index contributed by atoms with van der Waals surface area (Å²) in [4.78, 5) is 8.82. The fourth-order valence-corrected chi connectivity index (χ4v) is 2.99. The van der Waals surface area contributed by atoms with Crippen molar-refractivity contribution in [1.82, 2.24) is 9.97 Å². The maximum Gasteiger partial charge on any atom is 0.219 e. The zero-order chi connectivity index (χ0) is 21.1. The van der Waals surface area contributed by atoms with Crippen molar-refractivity contribution in [2.75, 3.05) is 11.5 Å². The first-order valence-corrected chi connectivity index (χ1v) is 9.51. The molecule has 0 radical (unpaired) electrons. The van der Waals surface area contributed by atoms with Crippen LogP contribution in [0.3, 0.4) is 0 Å². The van der Waals surface area contributed by atoms with E-state index in [0.29, 0.717) is 34.6 Å². The topological polar surface area (TPSA) is 96.3 Å². The number of rotatable bonds is 5. The van der Waals surface area contributed by atoms with Crippen LogP contribution >= 0.6 is 0 Å². The van der Waals surface area contributed by atoms with E-state index in [1.165, 1.54) is 0 Å². The van der Waals surface area contributed by atoms with Crippen molar-refractivity contribution < 1.29 is 9.47 Å². The Hall–Kier alpha value is -4.06. The molecule has 0 saturated carbocycles. The van der Waals surface area contributed by atoms with Gasteiger partial charge >= 0.3 is 0 Å². The normalized spacial score (nSPS) is 10.6. The second kappa shape index (κ2) is 8.13. The third-order valence-electron chi connectivity index (χ3n) is 4.70. The highest BCUT2D eigenvalue weighted by Gasteiger charge is 2.14. The number of ether oxygens (including phenoxy) is 2. The molecule has 0 spiro atoms. The monoisotopic (exact) mass is 398 g/mol. The van der Waals surface area contributed by atoms with Crippen LogP contribution in [0.15, 0.2) is 72.8 Å². The van der Waals surface area contributed by atoms with Crippen LogP contribution in [0.5, 0.6) is 23.3 Å². The molecule has 30 heavy (non-hydrogen) atoms. The summed E-state index contributed by atoms with van der Waals surface area (Å²) in [7, 11) is 0. The highest BCUT2D eigenvalue weighted by Crippen LogP contribution is 2.39. The zero-order valence-corrected chi connectivity index (χ0v) is 16.8. The number of hydrogen-bond acceptors (Lipinski definition) is 6. The number of nitrogen functional groups attached to an aromatic ring is 2. The molecule has 0 fully saturated rings. The lowest BCUT2D eigenvalue weighted by Gasteiger charge is -2.15. The van der Waals surface area contributed by atoms with Crippen LogP contribution < -0.4 is 20.9 Å². The smallest absolute Gasteiger partial charge is 0.219 e. The van der Waals surface area contributed by atoms with Crippen molar-refractivity contribution >= 4 is 11.4 Å². The summed E-state index contributed by atoms with van der Waals surface area (Å²) < 4.78 is 12.2. The van der Waals surface area contributed by atoms with Crippen molar-refractivity contribution in [2.24, 2.45) is 0 Å². The molecule has 2 heterocycles. The van der Waals surface area contributed by atoms with E-state index in [1.54, 1.807) is 24.3 Å². The Labute approximate surface area is 175 Å². The molecule has 2 aromatic carbocycles. The van der Waals surface area contributed by atoms with E-state index in [-0.39, 0.29) is 0 Å². The maximum absolute atomic E-state index is 6.09. The lowest BCUT2D eigenvalue weighted by Crippen LogP contribution is -1.97. The minimum Gasteiger partial charge on any atom is -0.438 e. The molecule has 6 heteroatoms. The molecule has 0 amide bonds. The molecule has 0 saturated heterocycles. The first kappa shape index (κ1) is 19.3. The van der Waals surface area contributed by atoms with Gasteiger partial charge in [-0.2, -0.15) is 0 Å². The number of aryl methyl sites for hydroxylation is 2. The molecule has 150 valence electrons. The zero-order valence-electron chi connectivity index (χ0n) is 16.8. The van der Waals surface area contributed by atoms with Gasteiger partial charge < -0.3 is 20.9 Å². The summed E-state index contributed by atoms with van der Waals surface area (Å²) in [6, 6.07) is 22.5. The quantitative estimate of drug-likeness (QED) is 0.460. The summed E-state index contributed by atoms with van der Waals surface area (Å²) in [5, 5.41) is 0. The van der Waals surface area contributed by atoms with Gasteiger partial charge in [-0.05, 0) is 38.1 Å². The van der Waals surface area contributed by atoms with Crippen LogP contribution in [0.25, 0.3) is 11.1 Å². The van der Waals surface area contributed by atoms with E-state index < -0.39 is 0 Å². The summed E-state index contributed by atoms with van der Waals surface area (Å²) in [6.07, 6.45) is 0. The first-order valence-electron chi connectivity index (χ1n) is 9.51. The Morgan fingerprint density at radius 3 is 1.37 bits per heavy atom. The van der Waals surface area contributed by atoms with E-state index in [2.05, 4.69) is 9.97 Å². The molecule has 2 aromatic heterocycles. The fourth-order valence-electron chi connectivity index (χ4n) is 2.99. The summed E-state index contributed by atoms with van der Waals surface area (Å²) in [5.74, 6) is 2.27. The Morgan fingerprint density at radius 2 is 0.967 bits per heavy atom. The van der Waals surface area contributed by atoms with Crippen molar-refractivity contribution in [3.05, 3.63) is 84.2 Å². The van der Waals surface area contributed by atoms with Crippen molar-refractivity contribution in [2.45, 2.75) is 13.8 Å². The molecular weight excluding hydrogens is 376 g/mol. The van der Waals surface area contributed by atoms with Crippen LogP contribution in [0.2, 0.25) is 0 Å². The number of benzene rings is 2. The van der Waals surface area contributed by atoms with E-state index in [1.807, 2.05) is 62.4 Å². The van der Waals surface area contributed by atoms with Crippen molar-refractivity contribution in [3.8, 4) is 34.4 Å². The van der Waals surface area contributed by atoms with Crippen LogP contribution in [0.1, 0.15) is 11.4 Å². The molecular formula is C24H22N4O2. The number of pyridine rings is 2. The van der Waals surface area contributed by atoms with Crippen molar-refractivity contribution in [1.29, 1.82) is 0 Å². The predicted octanol–water partition coefficient (Wildman–Crippen LogP) is 5.51. The number of nitrogens with two attached hydrogens (primary N) is 2. The molecule has 0 bridgehead atoms. The second-order valence-corrected chi connectivity index (χ2v) is 6.84. The highest BCUT2D eigenvalue weighted by molar-refractivity contribution is 5.76. The third-order valence-corrected chi connectivity index (χ3v) is 4.70. The average molecular weight is 398 g/mol. The largest absolute Gasteiger partial charge is 0.438 e. The van der Waals surface area contributed by atoms with Gasteiger partial charge in [0.25, 0.3) is 0 Å². The van der Waals surface area contributed by atoms with Gasteiger partial charge in [-0.25, -0.2) is 9.97 Å². The molecule has 0 atom stereocenters. The number of nitrogens with zero attached hydrogens (tertiary/aromatic N) is 2. The van der Waals surface area contributed by atoms with Crippen LogP contribution in [0, 0.1) is 13.8 Å². The molecule has 0 unspecified atom stereocenters. The van der Waals surface area contributed by atoms with Crippen LogP contribution in [-0.4, -0.2) is 9.97 Å². The van der Waals surface area contributed by atoms with Gasteiger partial charge in [0, 0.05) is 23.3 Å². The number of anilines is 2. The Kier molecular flexibility index (Phi) is 5.22. The Balaban J connectivity index is 1.71. The second-order valence-electron chi connectivity index (χ2n) is 6.84. The third kappa shape index (κ3) is 4.03. The fraction of sp³-hybridized carbons (Fsp3) is 0.0833. The first-order chi connectivity index (χ1) is 14.5. The van der Waals surface area contributed by atoms with Crippen LogP contribution in [0.4, 0.5) is 11.4 Å². The Morgan fingerprint density at radius 1 is 0.567 bits per heavy atom. The minimum atomic E-state index is 0.475. The SMILES string of the molecule is Cc1nc(Oc2ccccc2-c2ccccc2Oc2ccc(N)c(C)n2)ccc1N. The Bertz CT molecular complexity index is 1110. The standard InChI is InChI=1S/C24H22N4O2/c1-15-19(25)11-13-23(27-15)29-21-9-5-3-7-17(21)18-8-4-6-10-22(18)30-24-14-12-20(26)16(2)28-24/h3-14H,25-26H2,1-2H3.